The highest BCUT2D eigenvalue weighted by Gasteiger charge is 2.29. The fourth-order valence-corrected chi connectivity index (χ4v) is 3.29. The zero-order valence-electron chi connectivity index (χ0n) is 18.2. The van der Waals surface area contributed by atoms with Gasteiger partial charge in [0.25, 0.3) is 0 Å². The number of rotatable bonds is 5. The van der Waals surface area contributed by atoms with Crippen molar-refractivity contribution >= 4 is 28.3 Å². The lowest BCUT2D eigenvalue weighted by atomic mass is 10.1. The molecule has 1 fully saturated rings. The highest BCUT2D eigenvalue weighted by molar-refractivity contribution is 5.99. The minimum Gasteiger partial charge on any atom is -0.423 e. The molecule has 0 unspecified atom stereocenters. The standard InChI is InChI=1S/C24H21N7O2/c1-25-22-20-13-26-21(29-23(32)16-7-8-16)11-19(20)17(12-27-22)6-3-15-4-9-18(10-5-15)33-24-28-14-31(2)30-24/h4-5,9-14,16H,7-8H2,1-2H3,(H,25,27)(H,26,29,32). The molecule has 164 valence electrons. The summed E-state index contributed by atoms with van der Waals surface area (Å²) in [5.41, 5.74) is 1.56. The third kappa shape index (κ3) is 4.60. The molecule has 4 aromatic rings. The number of hydrogen-bond donors (Lipinski definition) is 2. The summed E-state index contributed by atoms with van der Waals surface area (Å²) >= 11 is 0. The van der Waals surface area contributed by atoms with Gasteiger partial charge in [-0.05, 0) is 43.2 Å². The summed E-state index contributed by atoms with van der Waals surface area (Å²) in [5.74, 6) is 8.32. The molecule has 33 heavy (non-hydrogen) atoms. The van der Waals surface area contributed by atoms with Crippen molar-refractivity contribution in [1.82, 2.24) is 24.7 Å². The molecule has 1 aliphatic carbocycles. The van der Waals surface area contributed by atoms with Crippen LogP contribution in [0.25, 0.3) is 10.8 Å². The molecule has 1 aliphatic rings. The number of nitrogens with one attached hydrogen (secondary N) is 2. The Morgan fingerprint density at radius 3 is 2.61 bits per heavy atom. The summed E-state index contributed by atoms with van der Waals surface area (Å²) < 4.78 is 7.19. The van der Waals surface area contributed by atoms with Gasteiger partial charge in [-0.2, -0.15) is 4.98 Å². The van der Waals surface area contributed by atoms with Gasteiger partial charge in [-0.1, -0.05) is 11.8 Å². The van der Waals surface area contributed by atoms with Gasteiger partial charge in [0.15, 0.2) is 0 Å². The molecule has 2 N–H and O–H groups in total. The average Bonchev–Trinajstić information content (AvgIpc) is 3.60. The molecule has 1 aromatic carbocycles. The van der Waals surface area contributed by atoms with Crippen LogP contribution in [0.15, 0.2) is 49.1 Å². The van der Waals surface area contributed by atoms with Crippen LogP contribution >= 0.6 is 0 Å². The van der Waals surface area contributed by atoms with Crippen molar-refractivity contribution in [3.8, 4) is 23.6 Å². The van der Waals surface area contributed by atoms with Gasteiger partial charge < -0.3 is 15.4 Å². The number of benzene rings is 1. The van der Waals surface area contributed by atoms with Crippen LogP contribution in [0.1, 0.15) is 24.0 Å². The van der Waals surface area contributed by atoms with E-state index in [1.165, 1.54) is 0 Å². The molecule has 5 rings (SSSR count). The van der Waals surface area contributed by atoms with Crippen molar-refractivity contribution in [2.75, 3.05) is 17.7 Å². The molecule has 3 aromatic heterocycles. The fourth-order valence-electron chi connectivity index (χ4n) is 3.29. The minimum absolute atomic E-state index is 0.0144. The highest BCUT2D eigenvalue weighted by Crippen LogP contribution is 2.31. The van der Waals surface area contributed by atoms with Crippen LogP contribution in [-0.4, -0.2) is 37.7 Å². The Labute approximate surface area is 190 Å². The van der Waals surface area contributed by atoms with E-state index in [1.54, 1.807) is 37.5 Å². The molecule has 0 saturated heterocycles. The SMILES string of the molecule is CNc1ncc(C#Cc2ccc(Oc3ncn(C)n3)cc2)c2cc(NC(=O)C3CC3)ncc12. The molecule has 0 aliphatic heterocycles. The number of carbonyl (C=O) groups excluding carboxylic acids is 1. The second-order valence-electron chi connectivity index (χ2n) is 7.73. The number of fused-ring (bicyclic) bond motifs is 1. The first kappa shape index (κ1) is 20.5. The summed E-state index contributed by atoms with van der Waals surface area (Å²) in [6, 6.07) is 9.50. The highest BCUT2D eigenvalue weighted by atomic mass is 16.5. The van der Waals surface area contributed by atoms with Gasteiger partial charge in [0.1, 0.15) is 23.7 Å². The van der Waals surface area contributed by atoms with Gasteiger partial charge in [0, 0.05) is 48.7 Å². The maximum absolute atomic E-state index is 12.2. The number of anilines is 2. The number of nitrogens with zero attached hydrogens (tertiary/aromatic N) is 5. The van der Waals surface area contributed by atoms with Crippen LogP contribution in [0.4, 0.5) is 11.6 Å². The lowest BCUT2D eigenvalue weighted by Gasteiger charge is -2.09. The van der Waals surface area contributed by atoms with Crippen molar-refractivity contribution < 1.29 is 9.53 Å². The predicted octanol–water partition coefficient (Wildman–Crippen LogP) is 3.34. The Kier molecular flexibility index (Phi) is 5.32. The number of aromatic nitrogens is 5. The maximum Gasteiger partial charge on any atom is 0.340 e. The predicted molar refractivity (Wildman–Crippen MR) is 124 cm³/mol. The molecule has 0 bridgehead atoms. The first-order valence-electron chi connectivity index (χ1n) is 10.5. The van der Waals surface area contributed by atoms with E-state index >= 15 is 0 Å². The zero-order chi connectivity index (χ0) is 22.8. The molecule has 1 amide bonds. The lowest BCUT2D eigenvalue weighted by Crippen LogP contribution is -2.14. The van der Waals surface area contributed by atoms with Crippen LogP contribution < -0.4 is 15.4 Å². The molecule has 0 atom stereocenters. The van der Waals surface area contributed by atoms with Gasteiger partial charge in [0.05, 0.1) is 5.56 Å². The fraction of sp³-hybridized carbons (Fsp3) is 0.208. The molecule has 9 nitrogen and oxygen atoms in total. The van der Waals surface area contributed by atoms with Crippen molar-refractivity contribution in [2.45, 2.75) is 12.8 Å². The number of pyridine rings is 2. The van der Waals surface area contributed by atoms with Crippen molar-refractivity contribution in [1.29, 1.82) is 0 Å². The van der Waals surface area contributed by atoms with E-state index in [1.807, 2.05) is 30.3 Å². The summed E-state index contributed by atoms with van der Waals surface area (Å²) in [7, 11) is 3.58. The Morgan fingerprint density at radius 2 is 1.91 bits per heavy atom. The quantitative estimate of drug-likeness (QED) is 0.459. The van der Waals surface area contributed by atoms with Crippen LogP contribution in [-0.2, 0) is 11.8 Å². The smallest absolute Gasteiger partial charge is 0.340 e. The number of hydrogen-bond acceptors (Lipinski definition) is 7. The Balaban J connectivity index is 1.41. The Morgan fingerprint density at radius 1 is 1.09 bits per heavy atom. The van der Waals surface area contributed by atoms with E-state index in [9.17, 15) is 4.79 Å². The van der Waals surface area contributed by atoms with E-state index < -0.39 is 0 Å². The van der Waals surface area contributed by atoms with Crippen molar-refractivity contribution in [2.24, 2.45) is 13.0 Å². The first-order valence-corrected chi connectivity index (χ1v) is 10.5. The van der Waals surface area contributed by atoms with Gasteiger partial charge >= 0.3 is 6.01 Å². The van der Waals surface area contributed by atoms with E-state index in [-0.39, 0.29) is 17.8 Å². The zero-order valence-corrected chi connectivity index (χ0v) is 18.2. The second-order valence-corrected chi connectivity index (χ2v) is 7.73. The summed E-state index contributed by atoms with van der Waals surface area (Å²) in [6.45, 7) is 0. The summed E-state index contributed by atoms with van der Waals surface area (Å²) in [4.78, 5) is 25.0. The first-order chi connectivity index (χ1) is 16.1. The van der Waals surface area contributed by atoms with Gasteiger partial charge in [0.2, 0.25) is 5.91 Å². The third-order valence-electron chi connectivity index (χ3n) is 5.19. The van der Waals surface area contributed by atoms with Gasteiger partial charge in [-0.15, -0.1) is 5.10 Å². The van der Waals surface area contributed by atoms with E-state index in [0.29, 0.717) is 17.4 Å². The molecule has 1 saturated carbocycles. The normalized spacial score (nSPS) is 12.7. The van der Waals surface area contributed by atoms with Gasteiger partial charge in [-0.3, -0.25) is 9.48 Å². The summed E-state index contributed by atoms with van der Waals surface area (Å²) in [5, 5.41) is 11.8. The van der Waals surface area contributed by atoms with Crippen LogP contribution in [0, 0.1) is 17.8 Å². The number of ether oxygens (including phenoxy) is 1. The minimum atomic E-state index is 0.0144. The van der Waals surface area contributed by atoms with E-state index in [0.717, 1.165) is 34.7 Å². The molecule has 0 spiro atoms. The largest absolute Gasteiger partial charge is 0.423 e. The van der Waals surface area contributed by atoms with Gasteiger partial charge in [-0.25, -0.2) is 9.97 Å². The molecular weight excluding hydrogens is 418 g/mol. The monoisotopic (exact) mass is 439 g/mol. The van der Waals surface area contributed by atoms with E-state index in [4.69, 9.17) is 4.74 Å². The molecule has 0 radical (unpaired) electrons. The van der Waals surface area contributed by atoms with Crippen LogP contribution in [0.3, 0.4) is 0 Å². The number of amides is 1. The Hall–Kier alpha value is -4.45. The maximum atomic E-state index is 12.2. The lowest BCUT2D eigenvalue weighted by molar-refractivity contribution is -0.117. The number of carbonyl (C=O) groups is 1. The molecular formula is C24H21N7O2. The summed E-state index contributed by atoms with van der Waals surface area (Å²) in [6.07, 6.45) is 6.88. The topological polar surface area (TPSA) is 107 Å². The van der Waals surface area contributed by atoms with Crippen molar-refractivity contribution in [3.63, 3.8) is 0 Å². The van der Waals surface area contributed by atoms with Crippen molar-refractivity contribution in [3.05, 3.63) is 60.2 Å². The number of aryl methyl sites for hydroxylation is 1. The molecule has 9 heteroatoms. The Bertz CT molecular complexity index is 1400. The average molecular weight is 439 g/mol. The third-order valence-corrected chi connectivity index (χ3v) is 5.19. The van der Waals surface area contributed by atoms with Crippen LogP contribution in [0.5, 0.6) is 11.8 Å². The molecule has 3 heterocycles. The second kappa shape index (κ2) is 8.59. The van der Waals surface area contributed by atoms with E-state index in [2.05, 4.69) is 42.5 Å². The van der Waals surface area contributed by atoms with Crippen LogP contribution in [0.2, 0.25) is 0 Å².